The fraction of sp³-hybridized carbons (Fsp3) is 0.304. The van der Waals surface area contributed by atoms with E-state index in [1.165, 1.54) is 12.1 Å². The minimum Gasteiger partial charge on any atom is -0.481 e. The van der Waals surface area contributed by atoms with E-state index in [2.05, 4.69) is 4.98 Å². The van der Waals surface area contributed by atoms with E-state index < -0.39 is 29.7 Å². The first-order valence-corrected chi connectivity index (χ1v) is 9.80. The van der Waals surface area contributed by atoms with Crippen LogP contribution in [-0.2, 0) is 11.0 Å². The van der Waals surface area contributed by atoms with E-state index in [4.69, 9.17) is 0 Å². The predicted molar refractivity (Wildman–Crippen MR) is 107 cm³/mol. The number of aromatic nitrogens is 1. The summed E-state index contributed by atoms with van der Waals surface area (Å²) in [4.78, 5) is 17.7. The Morgan fingerprint density at radius 1 is 1.10 bits per heavy atom. The summed E-state index contributed by atoms with van der Waals surface area (Å²) >= 11 is 0. The van der Waals surface area contributed by atoms with Crippen molar-refractivity contribution in [3.05, 3.63) is 77.6 Å². The Bertz CT molecular complexity index is 1070. The molecule has 1 fully saturated rings. The number of likely N-dealkylation sites (tertiary alicyclic amines) is 1. The number of carbonyl (C=O) groups is 1. The molecule has 0 aliphatic carbocycles. The van der Waals surface area contributed by atoms with Crippen LogP contribution in [0.5, 0.6) is 0 Å². The number of carboxylic acids is 1. The van der Waals surface area contributed by atoms with Gasteiger partial charge in [0.05, 0.1) is 17.5 Å². The van der Waals surface area contributed by atoms with Gasteiger partial charge in [-0.25, -0.2) is 0 Å². The zero-order valence-electron chi connectivity index (χ0n) is 16.1. The number of halogens is 3. The number of benzene rings is 2. The van der Waals surface area contributed by atoms with Crippen LogP contribution in [-0.4, -0.2) is 34.0 Å². The Kier molecular flexibility index (Phi) is 5.47. The molecule has 2 heterocycles. The molecule has 156 valence electrons. The molecule has 0 bridgehead atoms. The minimum atomic E-state index is -4.44. The highest BCUT2D eigenvalue weighted by Gasteiger charge is 2.34. The van der Waals surface area contributed by atoms with Gasteiger partial charge in [-0.05, 0) is 60.2 Å². The topological polar surface area (TPSA) is 53.4 Å². The Hall–Kier alpha value is -2.93. The maximum Gasteiger partial charge on any atom is 0.416 e. The van der Waals surface area contributed by atoms with E-state index in [1.54, 1.807) is 18.5 Å². The second kappa shape index (κ2) is 8.07. The van der Waals surface area contributed by atoms with Crippen LogP contribution in [0.4, 0.5) is 13.2 Å². The Morgan fingerprint density at radius 2 is 1.90 bits per heavy atom. The van der Waals surface area contributed by atoms with Crippen molar-refractivity contribution in [3.63, 3.8) is 0 Å². The molecule has 0 saturated carbocycles. The summed E-state index contributed by atoms with van der Waals surface area (Å²) in [5, 5.41) is 11.4. The molecule has 4 nitrogen and oxygen atoms in total. The van der Waals surface area contributed by atoms with Crippen molar-refractivity contribution in [1.29, 1.82) is 0 Å². The molecule has 1 N–H and O–H groups in total. The molecule has 2 aromatic carbocycles. The van der Waals surface area contributed by atoms with Crippen molar-refractivity contribution in [3.8, 4) is 0 Å². The lowest BCUT2D eigenvalue weighted by atomic mass is 9.90. The highest BCUT2D eigenvalue weighted by atomic mass is 19.4. The first kappa shape index (κ1) is 20.3. The first-order chi connectivity index (χ1) is 14.3. The summed E-state index contributed by atoms with van der Waals surface area (Å²) in [6.07, 6.45) is 0.224. The SMILES string of the molecule is O=C(O)C1CCCN(C(c2cccc(C(F)(F)F)c2)c2ccc3cnccc3c2)C1. The average molecular weight is 414 g/mol. The Labute approximate surface area is 172 Å². The Balaban J connectivity index is 1.81. The van der Waals surface area contributed by atoms with Gasteiger partial charge in [0, 0.05) is 24.3 Å². The van der Waals surface area contributed by atoms with Gasteiger partial charge < -0.3 is 5.11 Å². The lowest BCUT2D eigenvalue weighted by Crippen LogP contribution is -2.41. The van der Waals surface area contributed by atoms with Crippen molar-refractivity contribution in [1.82, 2.24) is 9.88 Å². The average Bonchev–Trinajstić information content (AvgIpc) is 2.74. The minimum absolute atomic E-state index is 0.296. The zero-order valence-corrected chi connectivity index (χ0v) is 16.1. The summed E-state index contributed by atoms with van der Waals surface area (Å²) < 4.78 is 40.1. The maximum absolute atomic E-state index is 13.4. The number of alkyl halides is 3. The second-order valence-corrected chi connectivity index (χ2v) is 7.68. The number of hydrogen-bond donors (Lipinski definition) is 1. The summed E-state index contributed by atoms with van der Waals surface area (Å²) in [7, 11) is 0. The first-order valence-electron chi connectivity index (χ1n) is 9.80. The number of fused-ring (bicyclic) bond motifs is 1. The highest BCUT2D eigenvalue weighted by molar-refractivity contribution is 5.82. The normalized spacial score (nSPS) is 19.0. The van der Waals surface area contributed by atoms with Crippen molar-refractivity contribution in [2.45, 2.75) is 25.1 Å². The van der Waals surface area contributed by atoms with Gasteiger partial charge in [-0.15, -0.1) is 0 Å². The van der Waals surface area contributed by atoms with Gasteiger partial charge in [-0.1, -0.05) is 24.3 Å². The van der Waals surface area contributed by atoms with Gasteiger partial charge in [0.25, 0.3) is 0 Å². The molecule has 1 aliphatic rings. The van der Waals surface area contributed by atoms with Crippen LogP contribution in [0.25, 0.3) is 10.8 Å². The fourth-order valence-electron chi connectivity index (χ4n) is 4.21. The lowest BCUT2D eigenvalue weighted by molar-refractivity contribution is -0.143. The fourth-order valence-corrected chi connectivity index (χ4v) is 4.21. The third-order valence-corrected chi connectivity index (χ3v) is 5.68. The second-order valence-electron chi connectivity index (χ2n) is 7.68. The number of nitrogens with zero attached hydrogens (tertiary/aromatic N) is 2. The van der Waals surface area contributed by atoms with Crippen LogP contribution < -0.4 is 0 Å². The van der Waals surface area contributed by atoms with Gasteiger partial charge in [0.2, 0.25) is 0 Å². The molecule has 3 aromatic rings. The van der Waals surface area contributed by atoms with Crippen molar-refractivity contribution >= 4 is 16.7 Å². The van der Waals surface area contributed by atoms with Crippen LogP contribution in [0.2, 0.25) is 0 Å². The standard InChI is InChI=1S/C23H21F3N2O2/c24-23(25,26)20-5-1-3-16(12-20)21(28-10-2-4-19(14-28)22(29)30)17-6-7-18-13-27-9-8-15(18)11-17/h1,3,5-9,11-13,19,21H,2,4,10,14H2,(H,29,30). The largest absolute Gasteiger partial charge is 0.481 e. The molecule has 1 aromatic heterocycles. The van der Waals surface area contributed by atoms with Crippen molar-refractivity contribution < 1.29 is 23.1 Å². The van der Waals surface area contributed by atoms with Gasteiger partial charge >= 0.3 is 12.1 Å². The van der Waals surface area contributed by atoms with Crippen LogP contribution in [0.1, 0.15) is 35.6 Å². The molecule has 4 rings (SSSR count). The molecule has 1 saturated heterocycles. The number of hydrogen-bond acceptors (Lipinski definition) is 3. The van der Waals surface area contributed by atoms with E-state index in [1.807, 2.05) is 29.2 Å². The third kappa shape index (κ3) is 4.16. The molecular weight excluding hydrogens is 393 g/mol. The van der Waals surface area contributed by atoms with Gasteiger partial charge in [-0.3, -0.25) is 14.7 Å². The summed E-state index contributed by atoms with van der Waals surface area (Å²) in [6, 6.07) is 12.5. The lowest BCUT2D eigenvalue weighted by Gasteiger charge is -2.38. The van der Waals surface area contributed by atoms with Crippen LogP contribution in [0.15, 0.2) is 60.9 Å². The van der Waals surface area contributed by atoms with Gasteiger partial charge in [0.15, 0.2) is 0 Å². The quantitative estimate of drug-likeness (QED) is 0.642. The van der Waals surface area contributed by atoms with Gasteiger partial charge in [0.1, 0.15) is 0 Å². The number of carboxylic acid groups (broad SMARTS) is 1. The molecule has 1 aliphatic heterocycles. The number of rotatable bonds is 4. The molecule has 0 radical (unpaired) electrons. The monoisotopic (exact) mass is 414 g/mol. The molecular formula is C23H21F3N2O2. The van der Waals surface area contributed by atoms with Crippen LogP contribution in [0, 0.1) is 5.92 Å². The molecule has 2 atom stereocenters. The molecule has 2 unspecified atom stereocenters. The molecule has 7 heteroatoms. The van der Waals surface area contributed by atoms with Crippen LogP contribution in [0.3, 0.4) is 0 Å². The van der Waals surface area contributed by atoms with E-state index in [0.717, 1.165) is 22.4 Å². The van der Waals surface area contributed by atoms with Gasteiger partial charge in [-0.2, -0.15) is 13.2 Å². The maximum atomic E-state index is 13.4. The molecule has 0 amide bonds. The zero-order chi connectivity index (χ0) is 21.3. The van der Waals surface area contributed by atoms with E-state index in [0.29, 0.717) is 31.5 Å². The summed E-state index contributed by atoms with van der Waals surface area (Å²) in [5.74, 6) is -1.40. The number of piperidine rings is 1. The van der Waals surface area contributed by atoms with Crippen molar-refractivity contribution in [2.75, 3.05) is 13.1 Å². The van der Waals surface area contributed by atoms with Crippen LogP contribution >= 0.6 is 0 Å². The highest BCUT2D eigenvalue weighted by Crippen LogP contribution is 2.37. The number of aliphatic carboxylic acids is 1. The van der Waals surface area contributed by atoms with Crippen molar-refractivity contribution in [2.24, 2.45) is 5.92 Å². The molecule has 0 spiro atoms. The molecule has 30 heavy (non-hydrogen) atoms. The third-order valence-electron chi connectivity index (χ3n) is 5.68. The van der Waals surface area contributed by atoms with E-state index in [9.17, 15) is 23.1 Å². The van der Waals surface area contributed by atoms with E-state index in [-0.39, 0.29) is 0 Å². The van der Waals surface area contributed by atoms with E-state index >= 15 is 0 Å². The Morgan fingerprint density at radius 3 is 2.67 bits per heavy atom. The summed E-state index contributed by atoms with van der Waals surface area (Å²) in [6.45, 7) is 0.920. The predicted octanol–water partition coefficient (Wildman–Crippen LogP) is 5.14. The summed E-state index contributed by atoms with van der Waals surface area (Å²) in [5.41, 5.74) is 0.630. The smallest absolute Gasteiger partial charge is 0.416 e. The number of pyridine rings is 1.